The highest BCUT2D eigenvalue weighted by Gasteiger charge is 2.24. The van der Waals surface area contributed by atoms with Crippen LogP contribution in [-0.2, 0) is 11.3 Å². The quantitative estimate of drug-likeness (QED) is 0.187. The molecule has 0 aromatic heterocycles. The molecule has 0 heterocycles. The van der Waals surface area contributed by atoms with E-state index in [0.717, 1.165) is 16.7 Å². The van der Waals surface area contributed by atoms with Gasteiger partial charge >= 0.3 is 0 Å². The Morgan fingerprint density at radius 2 is 1.65 bits per heavy atom. The molecule has 0 aliphatic heterocycles. The third-order valence-electron chi connectivity index (χ3n) is 4.40. The second-order valence-electron chi connectivity index (χ2n) is 6.90. The van der Waals surface area contributed by atoms with Gasteiger partial charge in [-0.05, 0) is 48.9 Å². The van der Waals surface area contributed by atoms with Crippen LogP contribution in [0, 0.1) is 23.2 Å². The minimum Gasteiger partial charge on any atom is -0.339 e. The summed E-state index contributed by atoms with van der Waals surface area (Å²) in [5.74, 6) is 4.85. The fourth-order valence-corrected chi connectivity index (χ4v) is 2.66. The van der Waals surface area contributed by atoms with Crippen LogP contribution in [0.15, 0.2) is 48.5 Å². The van der Waals surface area contributed by atoms with E-state index in [1.807, 2.05) is 24.3 Å². The van der Waals surface area contributed by atoms with Crippen molar-refractivity contribution >= 4 is 11.8 Å². The highest BCUT2D eigenvalue weighted by molar-refractivity contribution is 5.97. The molecule has 8 nitrogen and oxygen atoms in total. The van der Waals surface area contributed by atoms with E-state index in [9.17, 15) is 9.59 Å². The molecule has 31 heavy (non-hydrogen) atoms. The number of rotatable bonds is 8. The number of carbonyl (C=O) groups excluding carboxylic acids is 2. The summed E-state index contributed by atoms with van der Waals surface area (Å²) in [7, 11) is 0. The maximum atomic E-state index is 12.3. The summed E-state index contributed by atoms with van der Waals surface area (Å²) in [4.78, 5) is 23.9. The first-order valence-electron chi connectivity index (χ1n) is 9.73. The van der Waals surface area contributed by atoms with Crippen molar-refractivity contribution < 1.29 is 14.8 Å². The van der Waals surface area contributed by atoms with Crippen LogP contribution in [0.3, 0.4) is 0 Å². The number of nitrogens with one attached hydrogen (secondary N) is 3. The largest absolute Gasteiger partial charge is 0.339 e. The van der Waals surface area contributed by atoms with Crippen LogP contribution in [0.4, 0.5) is 0 Å². The number of amides is 2. The lowest BCUT2D eigenvalue weighted by Crippen LogP contribution is -2.54. The molecule has 8 heteroatoms. The standard InChI is InChI=1S/C23H25N5O3/c1-16(25)21(23(30)28-31)27-22(29)20-11-9-18(10-12-20)4-3-17-5-7-19(8-6-17)15-26-14-2-13-24/h5-12,16,21,26,31H,2,14-15,25H2,1H3,(H,27,29)(H,28,30)/t16-,21+/m1/s1. The molecule has 0 fully saturated rings. The normalized spacial score (nSPS) is 11.9. The van der Waals surface area contributed by atoms with Crippen LogP contribution in [0.5, 0.6) is 0 Å². The van der Waals surface area contributed by atoms with Crippen LogP contribution < -0.4 is 21.8 Å². The van der Waals surface area contributed by atoms with Gasteiger partial charge in [-0.15, -0.1) is 0 Å². The second kappa shape index (κ2) is 12.1. The lowest BCUT2D eigenvalue weighted by Gasteiger charge is -2.20. The minimum absolute atomic E-state index is 0.343. The molecule has 0 aliphatic rings. The van der Waals surface area contributed by atoms with Crippen molar-refractivity contribution in [3.8, 4) is 17.9 Å². The van der Waals surface area contributed by atoms with Gasteiger partial charge in [0, 0.05) is 42.2 Å². The van der Waals surface area contributed by atoms with Crippen molar-refractivity contribution in [2.45, 2.75) is 32.0 Å². The summed E-state index contributed by atoms with van der Waals surface area (Å²) >= 11 is 0. The predicted molar refractivity (Wildman–Crippen MR) is 116 cm³/mol. The molecule has 0 spiro atoms. The average molecular weight is 419 g/mol. The van der Waals surface area contributed by atoms with E-state index in [2.05, 4.69) is 28.5 Å². The molecule has 0 unspecified atom stereocenters. The van der Waals surface area contributed by atoms with Crippen molar-refractivity contribution in [3.63, 3.8) is 0 Å². The van der Waals surface area contributed by atoms with Gasteiger partial charge in [0.15, 0.2) is 0 Å². The summed E-state index contributed by atoms with van der Waals surface area (Å²) in [5, 5.41) is 23.0. The van der Waals surface area contributed by atoms with Crippen LogP contribution in [-0.4, -0.2) is 35.7 Å². The SMILES string of the molecule is C[C@@H](N)[C@H](NC(=O)c1ccc(C#Cc2ccc(CNCCC#N)cc2)cc1)C(=O)NO. The summed E-state index contributed by atoms with van der Waals surface area (Å²) in [6.45, 7) is 2.91. The minimum atomic E-state index is -1.05. The van der Waals surface area contributed by atoms with Crippen LogP contribution in [0.2, 0.25) is 0 Å². The van der Waals surface area contributed by atoms with Crippen molar-refractivity contribution in [3.05, 3.63) is 70.8 Å². The monoisotopic (exact) mass is 419 g/mol. The van der Waals surface area contributed by atoms with Gasteiger partial charge in [-0.1, -0.05) is 24.0 Å². The molecule has 0 saturated carbocycles. The zero-order chi connectivity index (χ0) is 22.6. The molecular formula is C23H25N5O3. The Hall–Kier alpha value is -3.69. The van der Waals surface area contributed by atoms with E-state index in [4.69, 9.17) is 16.2 Å². The maximum absolute atomic E-state index is 12.3. The number of hydrogen-bond acceptors (Lipinski definition) is 6. The summed E-state index contributed by atoms with van der Waals surface area (Å²) in [6.07, 6.45) is 0.481. The average Bonchev–Trinajstić information content (AvgIpc) is 2.79. The van der Waals surface area contributed by atoms with Gasteiger partial charge in [0.1, 0.15) is 6.04 Å². The van der Waals surface area contributed by atoms with Gasteiger partial charge in [0.05, 0.1) is 6.07 Å². The topological polar surface area (TPSA) is 140 Å². The molecule has 2 aromatic carbocycles. The first-order chi connectivity index (χ1) is 14.9. The van der Waals surface area contributed by atoms with Gasteiger partial charge in [-0.25, -0.2) is 5.48 Å². The Kier molecular flexibility index (Phi) is 9.21. The Labute approximate surface area is 181 Å². The number of benzene rings is 2. The summed E-state index contributed by atoms with van der Waals surface area (Å²) in [6, 6.07) is 14.8. The summed E-state index contributed by atoms with van der Waals surface area (Å²) < 4.78 is 0. The van der Waals surface area contributed by atoms with Crippen molar-refractivity contribution in [2.75, 3.05) is 6.54 Å². The number of nitriles is 1. The first kappa shape index (κ1) is 23.6. The lowest BCUT2D eigenvalue weighted by molar-refractivity contribution is -0.131. The van der Waals surface area contributed by atoms with E-state index >= 15 is 0 Å². The van der Waals surface area contributed by atoms with Gasteiger partial charge < -0.3 is 16.4 Å². The van der Waals surface area contributed by atoms with Crippen molar-refractivity contribution in [1.82, 2.24) is 16.1 Å². The summed E-state index contributed by atoms with van der Waals surface area (Å²) in [5.41, 5.74) is 10.2. The number of nitrogens with zero attached hydrogens (tertiary/aromatic N) is 1. The first-order valence-corrected chi connectivity index (χ1v) is 9.73. The van der Waals surface area contributed by atoms with E-state index in [-0.39, 0.29) is 0 Å². The highest BCUT2D eigenvalue weighted by atomic mass is 16.5. The zero-order valence-corrected chi connectivity index (χ0v) is 17.2. The molecule has 160 valence electrons. The van der Waals surface area contributed by atoms with Crippen molar-refractivity contribution in [2.24, 2.45) is 5.73 Å². The molecule has 2 rings (SSSR count). The van der Waals surface area contributed by atoms with Crippen LogP contribution in [0.25, 0.3) is 0 Å². The maximum Gasteiger partial charge on any atom is 0.267 e. The molecule has 0 radical (unpaired) electrons. The Balaban J connectivity index is 1.97. The zero-order valence-electron chi connectivity index (χ0n) is 17.2. The van der Waals surface area contributed by atoms with E-state index < -0.39 is 23.9 Å². The van der Waals surface area contributed by atoms with Gasteiger partial charge in [0.25, 0.3) is 11.8 Å². The van der Waals surface area contributed by atoms with Crippen LogP contribution >= 0.6 is 0 Å². The lowest BCUT2D eigenvalue weighted by atomic mass is 10.1. The van der Waals surface area contributed by atoms with E-state index in [1.165, 1.54) is 5.48 Å². The van der Waals surface area contributed by atoms with Crippen molar-refractivity contribution in [1.29, 1.82) is 5.26 Å². The fraction of sp³-hybridized carbons (Fsp3) is 0.261. The Morgan fingerprint density at radius 1 is 1.06 bits per heavy atom. The molecule has 2 atom stereocenters. The molecule has 2 aromatic rings. The van der Waals surface area contributed by atoms with Gasteiger partial charge in [-0.3, -0.25) is 14.8 Å². The second-order valence-corrected chi connectivity index (χ2v) is 6.90. The highest BCUT2D eigenvalue weighted by Crippen LogP contribution is 2.07. The number of hydrogen-bond donors (Lipinski definition) is 5. The number of hydroxylamine groups is 1. The molecule has 2 amide bonds. The number of nitrogens with two attached hydrogens (primary N) is 1. The number of carbonyl (C=O) groups is 2. The molecular weight excluding hydrogens is 394 g/mol. The Morgan fingerprint density at radius 3 is 2.16 bits per heavy atom. The van der Waals surface area contributed by atoms with Gasteiger partial charge in [-0.2, -0.15) is 5.26 Å². The predicted octanol–water partition coefficient (Wildman–Crippen LogP) is 1.04. The van der Waals surface area contributed by atoms with E-state index in [0.29, 0.717) is 25.1 Å². The third-order valence-corrected chi connectivity index (χ3v) is 4.40. The van der Waals surface area contributed by atoms with Crippen LogP contribution in [0.1, 0.15) is 40.4 Å². The third kappa shape index (κ3) is 7.57. The fourth-order valence-electron chi connectivity index (χ4n) is 2.66. The van der Waals surface area contributed by atoms with Gasteiger partial charge in [0.2, 0.25) is 0 Å². The molecule has 6 N–H and O–H groups in total. The molecule has 0 bridgehead atoms. The Bertz CT molecular complexity index is 983. The van der Waals surface area contributed by atoms with E-state index in [1.54, 1.807) is 31.2 Å². The smallest absolute Gasteiger partial charge is 0.267 e. The molecule has 0 aliphatic carbocycles. The molecule has 0 saturated heterocycles.